The van der Waals surface area contributed by atoms with Crippen molar-refractivity contribution in [3.05, 3.63) is 80.9 Å². The predicted molar refractivity (Wildman–Crippen MR) is 227 cm³/mol. The fourth-order valence-electron chi connectivity index (χ4n) is 7.03. The zero-order valence-electron chi connectivity index (χ0n) is 34.6. The number of phenolic OH excluding ortho intramolecular Hbond substituents is 1. The maximum Gasteiger partial charge on any atom is 0.265 e. The molecule has 0 amide bonds. The topological polar surface area (TPSA) is 232 Å². The average molecular weight is 880 g/mol. The molecule has 2 aromatic rings. The van der Waals surface area contributed by atoms with Crippen molar-refractivity contribution in [1.29, 1.82) is 0 Å². The molecule has 1 heterocycles. The third-order valence-corrected chi connectivity index (χ3v) is 15.5. The van der Waals surface area contributed by atoms with E-state index in [0.717, 1.165) is 27.1 Å². The van der Waals surface area contributed by atoms with Crippen LogP contribution in [0.3, 0.4) is 0 Å². The molecule has 4 rings (SSSR count). The van der Waals surface area contributed by atoms with Gasteiger partial charge in [0.25, 0.3) is 20.2 Å². The number of phenols is 1. The molecule has 2 aromatic carbocycles. The Labute approximate surface area is 347 Å². The summed E-state index contributed by atoms with van der Waals surface area (Å²) in [4.78, 5) is 15.8. The van der Waals surface area contributed by atoms with Crippen LogP contribution < -0.4 is 14.7 Å². The van der Waals surface area contributed by atoms with Gasteiger partial charge in [0, 0.05) is 29.4 Å². The summed E-state index contributed by atoms with van der Waals surface area (Å²) in [5, 5.41) is 16.4. The highest BCUT2D eigenvalue weighted by Gasteiger charge is 2.40. The number of azide groups is 1. The molecule has 3 N–H and O–H groups in total. The third kappa shape index (κ3) is 14.3. The number of rotatable bonds is 24. The lowest BCUT2D eigenvalue weighted by Crippen LogP contribution is -2.49. The highest BCUT2D eigenvalue weighted by Crippen LogP contribution is 2.47. The Morgan fingerprint density at radius 2 is 1.31 bits per heavy atom. The number of benzene rings is 2. The number of quaternary nitrogens is 2. The van der Waals surface area contributed by atoms with Crippen molar-refractivity contribution >= 4 is 50.5 Å². The molecule has 20 heteroatoms. The summed E-state index contributed by atoms with van der Waals surface area (Å²) >= 11 is 0. The molecule has 0 saturated carbocycles. The summed E-state index contributed by atoms with van der Waals surface area (Å²) in [6.45, 7) is 7.79. The van der Waals surface area contributed by atoms with Gasteiger partial charge < -0.3 is 33.0 Å². The Bertz CT molecular complexity index is 2230. The van der Waals surface area contributed by atoms with Crippen LogP contribution in [0.5, 0.6) is 17.2 Å². The van der Waals surface area contributed by atoms with Gasteiger partial charge in [-0.2, -0.15) is 16.8 Å². The van der Waals surface area contributed by atoms with E-state index in [1.54, 1.807) is 36.4 Å². The van der Waals surface area contributed by atoms with Gasteiger partial charge in [0.1, 0.15) is 51.6 Å². The van der Waals surface area contributed by atoms with Crippen molar-refractivity contribution in [1.82, 2.24) is 0 Å². The Morgan fingerprint density at radius 1 is 0.746 bits per heavy atom. The van der Waals surface area contributed by atoms with Gasteiger partial charge in [-0.25, -0.2) is 0 Å². The van der Waals surface area contributed by atoms with E-state index in [-0.39, 0.29) is 60.9 Å². The molecule has 0 spiro atoms. The molecule has 17 nitrogen and oxygen atoms in total. The summed E-state index contributed by atoms with van der Waals surface area (Å²) < 4.78 is 87.8. The number of ketones is 1. The van der Waals surface area contributed by atoms with Crippen molar-refractivity contribution in [3.8, 4) is 17.2 Å². The first kappa shape index (κ1) is 47.6. The lowest BCUT2D eigenvalue weighted by molar-refractivity contribution is -0.890. The number of nitrogens with zero attached hydrogens (tertiary/aromatic N) is 5. The Hall–Kier alpha value is -4.08. The van der Waals surface area contributed by atoms with Crippen LogP contribution in [0.4, 0.5) is 5.69 Å². The molecule has 0 fully saturated rings. The van der Waals surface area contributed by atoms with E-state index in [0.29, 0.717) is 72.5 Å². The van der Waals surface area contributed by atoms with E-state index in [2.05, 4.69) is 23.1 Å². The predicted octanol–water partition coefficient (Wildman–Crippen LogP) is 4.17. The zero-order chi connectivity index (χ0) is 43.6. The Kier molecular flexibility index (Phi) is 16.1. The number of allylic oxidation sites excluding steroid dienone is 5. The Morgan fingerprint density at radius 3 is 1.85 bits per heavy atom. The molecule has 1 aliphatic heterocycles. The van der Waals surface area contributed by atoms with E-state index in [1.807, 2.05) is 34.3 Å². The molecule has 324 valence electrons. The number of carbonyl (C=O) groups excluding carboxylic acids is 1. The molecule has 59 heavy (non-hydrogen) atoms. The molecule has 0 aromatic heterocycles. The fourth-order valence-corrected chi connectivity index (χ4v) is 11.1. The minimum absolute atomic E-state index is 0.0951. The lowest BCUT2D eigenvalue weighted by Gasteiger charge is -2.37. The van der Waals surface area contributed by atoms with Crippen LogP contribution in [0.2, 0.25) is 13.1 Å². The van der Waals surface area contributed by atoms with Gasteiger partial charge in [-0.1, -0.05) is 30.4 Å². The number of carbonyl (C=O) groups is 1. The first-order valence-electron chi connectivity index (χ1n) is 19.2. The Balaban J connectivity index is 1.59. The standard InChI is InChI=1S/C39H55N5O12S2Si/c1-43(2,13-7-23-57(47,48)49)15-17-53-19-21-55-35-28-36(56-22-20-54-18-16-44(3,4)14-8-24-58(50,51)52)34(41-42-40)27-33(35)39-31-11-9-29(45)25-37(31)59(5,6)38-26-30(46)10-12-32(38)39/h9-12,25-28H,7-8,13-24H2,1-6H3,(H-2,45,46,47,48,49,50,51,52)/p+2. The highest BCUT2D eigenvalue weighted by molar-refractivity contribution is 7.86. The maximum atomic E-state index is 12.8. The van der Waals surface area contributed by atoms with Crippen molar-refractivity contribution in [2.45, 2.75) is 25.9 Å². The van der Waals surface area contributed by atoms with Crippen molar-refractivity contribution in [2.75, 3.05) is 106 Å². The first-order chi connectivity index (χ1) is 27.5. The second-order valence-corrected chi connectivity index (χ2v) is 23.9. The number of fused-ring (bicyclic) bond motifs is 2. The highest BCUT2D eigenvalue weighted by atomic mass is 32.2. The van der Waals surface area contributed by atoms with E-state index in [4.69, 9.17) is 28.1 Å². The van der Waals surface area contributed by atoms with E-state index in [1.165, 1.54) is 6.08 Å². The summed E-state index contributed by atoms with van der Waals surface area (Å²) in [5.74, 6) is -0.0278. The third-order valence-electron chi connectivity index (χ3n) is 10.3. The van der Waals surface area contributed by atoms with Crippen LogP contribution in [0, 0.1) is 0 Å². The molecule has 0 bridgehead atoms. The van der Waals surface area contributed by atoms with Gasteiger partial charge >= 0.3 is 0 Å². The second-order valence-electron chi connectivity index (χ2n) is 16.4. The van der Waals surface area contributed by atoms with E-state index < -0.39 is 28.3 Å². The molecule has 0 unspecified atom stereocenters. The molecule has 0 radical (unpaired) electrons. The molecule has 2 aliphatic rings. The average Bonchev–Trinajstić information content (AvgIpc) is 3.11. The van der Waals surface area contributed by atoms with Gasteiger partial charge in [-0.3, -0.25) is 13.9 Å². The van der Waals surface area contributed by atoms with Crippen LogP contribution in [0.25, 0.3) is 16.0 Å². The van der Waals surface area contributed by atoms with Gasteiger partial charge in [0.15, 0.2) is 5.78 Å². The van der Waals surface area contributed by atoms with Gasteiger partial charge in [-0.15, -0.1) is 0 Å². The normalized spacial score (nSPS) is 15.3. The monoisotopic (exact) mass is 879 g/mol. The molecule has 0 saturated heterocycles. The number of aromatic hydroxyl groups is 1. The zero-order valence-corrected chi connectivity index (χ0v) is 37.2. The van der Waals surface area contributed by atoms with Crippen LogP contribution in [0.1, 0.15) is 24.0 Å². The number of likely N-dealkylation sites (N-methyl/N-ethyl adjacent to an activating group) is 2. The minimum atomic E-state index is -4.03. The smallest absolute Gasteiger partial charge is 0.265 e. The van der Waals surface area contributed by atoms with Gasteiger partial charge in [-0.05, 0) is 63.0 Å². The minimum Gasteiger partial charge on any atom is -0.508 e. The van der Waals surface area contributed by atoms with Crippen LogP contribution in [-0.2, 0) is 34.5 Å². The molecular formula is C39H57N5O12S2Si+2. The van der Waals surface area contributed by atoms with Crippen molar-refractivity contribution < 1.29 is 63.8 Å². The van der Waals surface area contributed by atoms with E-state index >= 15 is 0 Å². The van der Waals surface area contributed by atoms with Crippen LogP contribution in [0.15, 0.2) is 64.4 Å². The lowest BCUT2D eigenvalue weighted by atomic mass is 9.89. The SMILES string of the molecule is C[N+](C)(CCCS(=O)(=O)O)CCOCCOc1cc(OCCOCC[N+](C)(C)CCCS(=O)(=O)O)c(C2=C3C=CC(=O)C=C3[Si](C)(C)c3cc(O)ccc32)cc1N=[N+]=[N-]. The quantitative estimate of drug-likeness (QED) is 0.0257. The fraction of sp³-hybridized carbons (Fsp3) is 0.513. The first-order valence-corrected chi connectivity index (χ1v) is 25.5. The van der Waals surface area contributed by atoms with Crippen LogP contribution in [-0.4, -0.2) is 159 Å². The maximum absolute atomic E-state index is 12.8. The second kappa shape index (κ2) is 20.0. The number of hydrogen-bond donors (Lipinski definition) is 3. The number of hydrogen-bond acceptors (Lipinski definition) is 11. The number of ether oxygens (including phenoxy) is 4. The molecule has 0 atom stereocenters. The van der Waals surface area contributed by atoms with E-state index in [9.17, 15) is 32.3 Å². The summed E-state index contributed by atoms with van der Waals surface area (Å²) in [6, 6.07) is 8.53. The van der Waals surface area contributed by atoms with Crippen LogP contribution >= 0.6 is 0 Å². The molecule has 1 aliphatic carbocycles. The van der Waals surface area contributed by atoms with Crippen molar-refractivity contribution in [3.63, 3.8) is 0 Å². The molecular weight excluding hydrogens is 823 g/mol. The summed E-state index contributed by atoms with van der Waals surface area (Å²) in [5.41, 5.74) is 12.8. The van der Waals surface area contributed by atoms with Gasteiger partial charge in [0.2, 0.25) is 0 Å². The largest absolute Gasteiger partial charge is 0.508 e. The summed E-state index contributed by atoms with van der Waals surface area (Å²) in [6.07, 6.45) is 5.57. The van der Waals surface area contributed by atoms with Gasteiger partial charge in [0.05, 0.1) is 84.9 Å². The van der Waals surface area contributed by atoms with Crippen molar-refractivity contribution in [2.24, 2.45) is 5.11 Å². The summed E-state index contributed by atoms with van der Waals surface area (Å²) in [7, 11) is -2.78.